The molecule has 3 rings (SSSR count). The Morgan fingerprint density at radius 2 is 2.09 bits per heavy atom. The lowest BCUT2D eigenvalue weighted by atomic mass is 9.98. The van der Waals surface area contributed by atoms with Crippen LogP contribution in [-0.4, -0.2) is 42.4 Å². The zero-order valence-electron chi connectivity index (χ0n) is 12.7. The van der Waals surface area contributed by atoms with E-state index in [4.69, 9.17) is 0 Å². The third-order valence-electron chi connectivity index (χ3n) is 4.33. The highest BCUT2D eigenvalue weighted by Crippen LogP contribution is 2.28. The van der Waals surface area contributed by atoms with Crippen molar-refractivity contribution < 1.29 is 18.4 Å². The van der Waals surface area contributed by atoms with Crippen LogP contribution in [0, 0.1) is 0 Å². The van der Waals surface area contributed by atoms with Crippen LogP contribution in [0.2, 0.25) is 0 Å². The van der Waals surface area contributed by atoms with E-state index in [9.17, 15) is 18.4 Å². The lowest BCUT2D eigenvalue weighted by Crippen LogP contribution is -2.37. The molecule has 0 aliphatic carbocycles. The first kappa shape index (κ1) is 15.7. The molecular formula is C16H19F2N3O2. The van der Waals surface area contributed by atoms with Crippen LogP contribution >= 0.6 is 0 Å². The second kappa shape index (κ2) is 6.14. The first-order chi connectivity index (χ1) is 11.0. The summed E-state index contributed by atoms with van der Waals surface area (Å²) >= 11 is 0. The molecule has 0 bridgehead atoms. The molecule has 2 aliphatic rings. The van der Waals surface area contributed by atoms with Gasteiger partial charge >= 0.3 is 6.03 Å². The smallest absolute Gasteiger partial charge is 0.321 e. The minimum Gasteiger partial charge on any atom is -0.352 e. The molecule has 2 N–H and O–H groups in total. The van der Waals surface area contributed by atoms with E-state index in [1.165, 1.54) is 4.90 Å². The number of halogens is 2. The van der Waals surface area contributed by atoms with Crippen LogP contribution < -0.4 is 10.6 Å². The number of carbonyl (C=O) groups excluding carboxylic acids is 2. The van der Waals surface area contributed by atoms with Crippen molar-refractivity contribution in [2.24, 2.45) is 0 Å². The molecule has 0 spiro atoms. The number of hydrogen-bond donors (Lipinski definition) is 2. The van der Waals surface area contributed by atoms with Crippen LogP contribution in [0.4, 0.5) is 19.3 Å². The molecule has 2 heterocycles. The van der Waals surface area contributed by atoms with E-state index in [-0.39, 0.29) is 37.7 Å². The maximum absolute atomic E-state index is 13.4. The number of nitrogens with zero attached hydrogens (tertiary/aromatic N) is 1. The number of carbonyl (C=O) groups is 2. The molecular weight excluding hydrogens is 304 g/mol. The van der Waals surface area contributed by atoms with Crippen molar-refractivity contribution in [2.75, 3.05) is 25.0 Å². The predicted molar refractivity (Wildman–Crippen MR) is 81.9 cm³/mol. The number of rotatable bonds is 1. The highest BCUT2D eigenvalue weighted by Gasteiger charge is 2.33. The standard InChI is InChI=1S/C16H19F2N3O2/c17-16(18)6-2-9-21(10-7-16)15(23)20-13-4-1-3-12-11(13)5-8-19-14(12)22/h1,3-4H,2,5-10H2,(H,19,22)(H,20,23). The maximum atomic E-state index is 13.4. The van der Waals surface area contributed by atoms with E-state index < -0.39 is 5.92 Å². The molecule has 2 aliphatic heterocycles. The van der Waals surface area contributed by atoms with Crippen molar-refractivity contribution in [3.63, 3.8) is 0 Å². The Balaban J connectivity index is 1.73. The van der Waals surface area contributed by atoms with E-state index in [0.717, 1.165) is 5.56 Å². The van der Waals surface area contributed by atoms with Crippen LogP contribution in [0.3, 0.4) is 0 Å². The first-order valence-electron chi connectivity index (χ1n) is 7.80. The predicted octanol–water partition coefficient (Wildman–Crippen LogP) is 2.63. The summed E-state index contributed by atoms with van der Waals surface area (Å²) in [5.41, 5.74) is 1.93. The molecule has 23 heavy (non-hydrogen) atoms. The van der Waals surface area contributed by atoms with Crippen LogP contribution in [-0.2, 0) is 6.42 Å². The number of amides is 3. The van der Waals surface area contributed by atoms with Gasteiger partial charge in [-0.2, -0.15) is 0 Å². The van der Waals surface area contributed by atoms with Crippen molar-refractivity contribution >= 4 is 17.6 Å². The monoisotopic (exact) mass is 323 g/mol. The fourth-order valence-electron chi connectivity index (χ4n) is 3.04. The Kier molecular flexibility index (Phi) is 4.19. The lowest BCUT2D eigenvalue weighted by molar-refractivity contribution is -0.0121. The molecule has 3 amide bonds. The molecule has 5 nitrogen and oxygen atoms in total. The Labute approximate surface area is 133 Å². The van der Waals surface area contributed by atoms with E-state index >= 15 is 0 Å². The van der Waals surface area contributed by atoms with Crippen molar-refractivity contribution in [3.05, 3.63) is 29.3 Å². The van der Waals surface area contributed by atoms with Gasteiger partial charge in [0.25, 0.3) is 5.91 Å². The minimum absolute atomic E-state index is 0.0361. The number of benzene rings is 1. The molecule has 0 radical (unpaired) electrons. The van der Waals surface area contributed by atoms with Gasteiger partial charge in [0.1, 0.15) is 0 Å². The molecule has 0 aromatic heterocycles. The Morgan fingerprint density at radius 3 is 2.91 bits per heavy atom. The Bertz CT molecular complexity index is 634. The van der Waals surface area contributed by atoms with Crippen LogP contribution in [0.25, 0.3) is 0 Å². The fourth-order valence-corrected chi connectivity index (χ4v) is 3.04. The molecule has 1 aromatic carbocycles. The van der Waals surface area contributed by atoms with Crippen LogP contribution in [0.1, 0.15) is 35.2 Å². The van der Waals surface area contributed by atoms with Gasteiger partial charge in [-0.25, -0.2) is 13.6 Å². The minimum atomic E-state index is -2.70. The van der Waals surface area contributed by atoms with E-state index in [2.05, 4.69) is 10.6 Å². The second-order valence-corrected chi connectivity index (χ2v) is 5.96. The third-order valence-corrected chi connectivity index (χ3v) is 4.33. The third kappa shape index (κ3) is 3.43. The maximum Gasteiger partial charge on any atom is 0.321 e. The molecule has 124 valence electrons. The van der Waals surface area contributed by atoms with Gasteiger partial charge in [-0.15, -0.1) is 0 Å². The first-order valence-corrected chi connectivity index (χ1v) is 7.80. The average molecular weight is 323 g/mol. The normalized spacial score (nSPS) is 20.3. The number of anilines is 1. The highest BCUT2D eigenvalue weighted by atomic mass is 19.3. The zero-order valence-corrected chi connectivity index (χ0v) is 12.7. The highest BCUT2D eigenvalue weighted by molar-refractivity contribution is 6.00. The molecule has 7 heteroatoms. The number of likely N-dealkylation sites (tertiary alicyclic amines) is 1. The van der Waals surface area contributed by atoms with Gasteiger partial charge in [0, 0.05) is 43.7 Å². The van der Waals surface area contributed by atoms with Crippen LogP contribution in [0.5, 0.6) is 0 Å². The van der Waals surface area contributed by atoms with Gasteiger partial charge in [-0.3, -0.25) is 4.79 Å². The molecule has 1 saturated heterocycles. The summed E-state index contributed by atoms with van der Waals surface area (Å²) in [6.07, 6.45) is 0.429. The SMILES string of the molecule is O=C1NCCc2c(NC(=O)N3CCCC(F)(F)CC3)cccc21. The second-order valence-electron chi connectivity index (χ2n) is 5.96. The van der Waals surface area contributed by atoms with Gasteiger partial charge in [0.2, 0.25) is 5.92 Å². The van der Waals surface area contributed by atoms with Gasteiger partial charge < -0.3 is 15.5 Å². The van der Waals surface area contributed by atoms with Gasteiger partial charge in [-0.05, 0) is 30.5 Å². The fraction of sp³-hybridized carbons (Fsp3) is 0.500. The van der Waals surface area contributed by atoms with Gasteiger partial charge in [0.05, 0.1) is 0 Å². The van der Waals surface area contributed by atoms with Crippen molar-refractivity contribution in [1.29, 1.82) is 0 Å². The summed E-state index contributed by atoms with van der Waals surface area (Å²) in [5, 5.41) is 5.53. The summed E-state index contributed by atoms with van der Waals surface area (Å²) in [5.74, 6) is -2.85. The average Bonchev–Trinajstić information content (AvgIpc) is 2.69. The number of hydrogen-bond acceptors (Lipinski definition) is 2. The summed E-state index contributed by atoms with van der Waals surface area (Å²) in [6, 6.07) is 4.77. The van der Waals surface area contributed by atoms with E-state index in [1.807, 2.05) is 0 Å². The summed E-state index contributed by atoms with van der Waals surface area (Å²) in [4.78, 5) is 25.6. The largest absolute Gasteiger partial charge is 0.352 e. The molecule has 1 fully saturated rings. The quantitative estimate of drug-likeness (QED) is 0.834. The lowest BCUT2D eigenvalue weighted by Gasteiger charge is -2.24. The van der Waals surface area contributed by atoms with Crippen LogP contribution in [0.15, 0.2) is 18.2 Å². The molecule has 0 unspecified atom stereocenters. The number of nitrogens with one attached hydrogen (secondary N) is 2. The molecule has 0 saturated carbocycles. The van der Waals surface area contributed by atoms with E-state index in [0.29, 0.717) is 30.8 Å². The van der Waals surface area contributed by atoms with Crippen molar-refractivity contribution in [3.8, 4) is 0 Å². The Morgan fingerprint density at radius 1 is 1.26 bits per heavy atom. The van der Waals surface area contributed by atoms with Gasteiger partial charge in [0.15, 0.2) is 0 Å². The van der Waals surface area contributed by atoms with E-state index in [1.54, 1.807) is 18.2 Å². The van der Waals surface area contributed by atoms with Crippen molar-refractivity contribution in [1.82, 2.24) is 10.2 Å². The Hall–Kier alpha value is -2.18. The molecule has 0 atom stereocenters. The number of urea groups is 1. The van der Waals surface area contributed by atoms with Crippen molar-refractivity contribution in [2.45, 2.75) is 31.6 Å². The number of fused-ring (bicyclic) bond motifs is 1. The number of alkyl halides is 2. The summed E-state index contributed by atoms with van der Waals surface area (Å²) in [6.45, 7) is 0.875. The van der Waals surface area contributed by atoms with Gasteiger partial charge in [-0.1, -0.05) is 6.07 Å². The molecule has 1 aromatic rings. The summed E-state index contributed by atoms with van der Waals surface area (Å²) in [7, 11) is 0. The topological polar surface area (TPSA) is 61.4 Å². The zero-order chi connectivity index (χ0) is 16.4. The summed E-state index contributed by atoms with van der Waals surface area (Å²) < 4.78 is 26.8.